The molecular weight excluding hydrogens is 362 g/mol. The minimum atomic E-state index is -0.563. The molecule has 3 aromatic carbocycles. The van der Waals surface area contributed by atoms with Crippen LogP contribution in [0.25, 0.3) is 0 Å². The van der Waals surface area contributed by atoms with Crippen molar-refractivity contribution in [1.29, 1.82) is 0 Å². The number of amides is 2. The van der Waals surface area contributed by atoms with E-state index in [1.54, 1.807) is 12.1 Å². The maximum Gasteiger partial charge on any atom is 0.251 e. The van der Waals surface area contributed by atoms with Crippen molar-refractivity contribution in [3.63, 3.8) is 0 Å². The Morgan fingerprint density at radius 3 is 2.14 bits per heavy atom. The third-order valence-corrected chi connectivity index (χ3v) is 4.14. The standard InChI is InChI=1S/C22H18F2N2O2/c23-18-11-9-16(10-12-18)22(28)25-14-20(27)26-21(15-5-2-1-3-6-15)17-7-4-8-19(24)13-17/h1-13,21H,14H2,(H,25,28)(H,26,27). The summed E-state index contributed by atoms with van der Waals surface area (Å²) in [6, 6.07) is 19.6. The summed E-state index contributed by atoms with van der Waals surface area (Å²) in [5.74, 6) is -1.78. The van der Waals surface area contributed by atoms with E-state index in [1.807, 2.05) is 30.3 Å². The average Bonchev–Trinajstić information content (AvgIpc) is 2.71. The summed E-state index contributed by atoms with van der Waals surface area (Å²) in [7, 11) is 0. The molecule has 0 aliphatic carbocycles. The van der Waals surface area contributed by atoms with Crippen molar-refractivity contribution in [1.82, 2.24) is 10.6 Å². The highest BCUT2D eigenvalue weighted by Gasteiger charge is 2.18. The maximum atomic E-state index is 13.7. The van der Waals surface area contributed by atoms with Crippen LogP contribution >= 0.6 is 0 Å². The zero-order valence-electron chi connectivity index (χ0n) is 14.9. The number of halogens is 2. The van der Waals surface area contributed by atoms with Crippen LogP contribution in [0.5, 0.6) is 0 Å². The Kier molecular flexibility index (Phi) is 6.11. The summed E-state index contributed by atoms with van der Waals surface area (Å²) in [6.07, 6.45) is 0. The normalized spacial score (nSPS) is 11.5. The lowest BCUT2D eigenvalue weighted by Gasteiger charge is -2.20. The van der Waals surface area contributed by atoms with E-state index in [-0.39, 0.29) is 12.1 Å². The first-order valence-corrected chi connectivity index (χ1v) is 8.66. The van der Waals surface area contributed by atoms with Gasteiger partial charge in [0.1, 0.15) is 11.6 Å². The Bertz CT molecular complexity index is 960. The monoisotopic (exact) mass is 380 g/mol. The second kappa shape index (κ2) is 8.90. The topological polar surface area (TPSA) is 58.2 Å². The van der Waals surface area contributed by atoms with Crippen LogP contribution in [0.4, 0.5) is 8.78 Å². The predicted octanol–water partition coefficient (Wildman–Crippen LogP) is 3.60. The Hall–Kier alpha value is -3.54. The van der Waals surface area contributed by atoms with Gasteiger partial charge in [-0.25, -0.2) is 8.78 Å². The van der Waals surface area contributed by atoms with Crippen LogP contribution in [-0.4, -0.2) is 18.4 Å². The molecule has 0 aliphatic rings. The molecule has 0 heterocycles. The van der Waals surface area contributed by atoms with Crippen molar-refractivity contribution in [2.75, 3.05) is 6.54 Å². The van der Waals surface area contributed by atoms with Gasteiger partial charge in [-0.15, -0.1) is 0 Å². The lowest BCUT2D eigenvalue weighted by Crippen LogP contribution is -2.39. The molecule has 2 amide bonds. The molecule has 0 radical (unpaired) electrons. The van der Waals surface area contributed by atoms with Gasteiger partial charge in [0.05, 0.1) is 12.6 Å². The molecule has 3 aromatic rings. The fourth-order valence-electron chi connectivity index (χ4n) is 2.77. The fourth-order valence-corrected chi connectivity index (χ4v) is 2.77. The quantitative estimate of drug-likeness (QED) is 0.687. The van der Waals surface area contributed by atoms with Crippen LogP contribution < -0.4 is 10.6 Å². The molecule has 0 fully saturated rings. The maximum absolute atomic E-state index is 13.7. The first kappa shape index (κ1) is 19.2. The number of hydrogen-bond donors (Lipinski definition) is 2. The van der Waals surface area contributed by atoms with Crippen LogP contribution in [0.1, 0.15) is 27.5 Å². The van der Waals surface area contributed by atoms with Crippen LogP contribution in [0.15, 0.2) is 78.9 Å². The van der Waals surface area contributed by atoms with Gasteiger partial charge in [-0.2, -0.15) is 0 Å². The number of benzene rings is 3. The third kappa shape index (κ3) is 5.01. The summed E-state index contributed by atoms with van der Waals surface area (Å²) in [6.45, 7) is -0.269. The lowest BCUT2D eigenvalue weighted by atomic mass is 9.98. The molecule has 0 aromatic heterocycles. The van der Waals surface area contributed by atoms with E-state index >= 15 is 0 Å². The molecule has 0 aliphatic heterocycles. The largest absolute Gasteiger partial charge is 0.344 e. The smallest absolute Gasteiger partial charge is 0.251 e. The summed E-state index contributed by atoms with van der Waals surface area (Å²) in [5, 5.41) is 5.30. The van der Waals surface area contributed by atoms with Crippen LogP contribution in [0.2, 0.25) is 0 Å². The molecule has 6 heteroatoms. The van der Waals surface area contributed by atoms with Crippen molar-refractivity contribution >= 4 is 11.8 Å². The first-order valence-electron chi connectivity index (χ1n) is 8.66. The molecule has 3 rings (SSSR count). The average molecular weight is 380 g/mol. The molecular formula is C22H18F2N2O2. The first-order chi connectivity index (χ1) is 13.5. The van der Waals surface area contributed by atoms with E-state index in [9.17, 15) is 18.4 Å². The van der Waals surface area contributed by atoms with Gasteiger partial charge < -0.3 is 10.6 Å². The van der Waals surface area contributed by atoms with Gasteiger partial charge in [0.2, 0.25) is 5.91 Å². The van der Waals surface area contributed by atoms with E-state index in [4.69, 9.17) is 0 Å². The van der Waals surface area contributed by atoms with Crippen LogP contribution in [-0.2, 0) is 4.79 Å². The summed E-state index contributed by atoms with van der Waals surface area (Å²) >= 11 is 0. The molecule has 1 atom stereocenters. The van der Waals surface area contributed by atoms with Crippen molar-refractivity contribution in [2.45, 2.75) is 6.04 Å². The molecule has 4 nitrogen and oxygen atoms in total. The van der Waals surface area contributed by atoms with E-state index in [0.717, 1.165) is 5.56 Å². The molecule has 28 heavy (non-hydrogen) atoms. The minimum absolute atomic E-state index is 0.249. The van der Waals surface area contributed by atoms with Crippen molar-refractivity contribution in [3.8, 4) is 0 Å². The van der Waals surface area contributed by atoms with E-state index < -0.39 is 29.5 Å². The highest BCUT2D eigenvalue weighted by molar-refractivity contribution is 5.96. The second-order valence-corrected chi connectivity index (χ2v) is 6.16. The van der Waals surface area contributed by atoms with Gasteiger partial charge in [0.15, 0.2) is 0 Å². The SMILES string of the molecule is O=C(CNC(=O)c1ccc(F)cc1)NC(c1ccccc1)c1cccc(F)c1. The van der Waals surface area contributed by atoms with Crippen molar-refractivity contribution in [2.24, 2.45) is 0 Å². The molecule has 0 bridgehead atoms. The number of rotatable bonds is 6. The summed E-state index contributed by atoms with van der Waals surface area (Å²) in [5.41, 5.74) is 1.62. The Labute approximate surface area is 161 Å². The fraction of sp³-hybridized carbons (Fsp3) is 0.0909. The highest BCUT2D eigenvalue weighted by atomic mass is 19.1. The van der Waals surface area contributed by atoms with Gasteiger partial charge in [0, 0.05) is 5.56 Å². The minimum Gasteiger partial charge on any atom is -0.344 e. The number of carbonyl (C=O) groups excluding carboxylic acids is 2. The molecule has 0 saturated carbocycles. The predicted molar refractivity (Wildman–Crippen MR) is 102 cm³/mol. The zero-order chi connectivity index (χ0) is 19.9. The number of hydrogen-bond acceptors (Lipinski definition) is 2. The Balaban J connectivity index is 1.69. The van der Waals surface area contributed by atoms with Gasteiger partial charge in [-0.05, 0) is 47.5 Å². The lowest BCUT2D eigenvalue weighted by molar-refractivity contribution is -0.120. The molecule has 1 unspecified atom stereocenters. The summed E-state index contributed by atoms with van der Waals surface area (Å²) in [4.78, 5) is 24.5. The number of carbonyl (C=O) groups is 2. The zero-order valence-corrected chi connectivity index (χ0v) is 14.9. The molecule has 2 N–H and O–H groups in total. The second-order valence-electron chi connectivity index (χ2n) is 6.16. The summed E-state index contributed by atoms with van der Waals surface area (Å²) < 4.78 is 26.6. The van der Waals surface area contributed by atoms with Gasteiger partial charge in [0.25, 0.3) is 5.91 Å². The Morgan fingerprint density at radius 1 is 0.786 bits per heavy atom. The van der Waals surface area contributed by atoms with Crippen LogP contribution in [0.3, 0.4) is 0 Å². The van der Waals surface area contributed by atoms with Crippen molar-refractivity contribution < 1.29 is 18.4 Å². The highest BCUT2D eigenvalue weighted by Crippen LogP contribution is 2.22. The Morgan fingerprint density at radius 2 is 1.46 bits per heavy atom. The molecule has 0 spiro atoms. The molecule has 142 valence electrons. The number of nitrogens with one attached hydrogen (secondary N) is 2. The van der Waals surface area contributed by atoms with Gasteiger partial charge >= 0.3 is 0 Å². The van der Waals surface area contributed by atoms with Crippen LogP contribution in [0, 0.1) is 11.6 Å². The third-order valence-electron chi connectivity index (χ3n) is 4.14. The van der Waals surface area contributed by atoms with Crippen molar-refractivity contribution in [3.05, 3.63) is 107 Å². The van der Waals surface area contributed by atoms with Gasteiger partial charge in [-0.3, -0.25) is 9.59 Å². The molecule has 0 saturated heterocycles. The van der Waals surface area contributed by atoms with E-state index in [0.29, 0.717) is 5.56 Å². The van der Waals surface area contributed by atoms with E-state index in [2.05, 4.69) is 10.6 Å². The van der Waals surface area contributed by atoms with Gasteiger partial charge in [-0.1, -0.05) is 42.5 Å². The van der Waals surface area contributed by atoms with E-state index in [1.165, 1.54) is 36.4 Å².